The number of hydrogen-bond acceptors (Lipinski definition) is 3. The first-order chi connectivity index (χ1) is 11.0. The second-order valence-electron chi connectivity index (χ2n) is 5.41. The molecule has 4 nitrogen and oxygen atoms in total. The van der Waals surface area contributed by atoms with Crippen LogP contribution in [0.1, 0.15) is 39.7 Å². The van der Waals surface area contributed by atoms with E-state index in [9.17, 15) is 4.79 Å². The van der Waals surface area contributed by atoms with Crippen LogP contribution >= 0.6 is 0 Å². The molecule has 0 spiro atoms. The normalized spacial score (nSPS) is 9.96. The predicted molar refractivity (Wildman–Crippen MR) is 90.9 cm³/mol. The molecule has 0 fully saturated rings. The van der Waals surface area contributed by atoms with Crippen LogP contribution in [0.3, 0.4) is 0 Å². The summed E-state index contributed by atoms with van der Waals surface area (Å²) in [6.45, 7) is 5.99. The monoisotopic (exact) mass is 305 g/mol. The van der Waals surface area contributed by atoms with Crippen molar-refractivity contribution < 1.29 is 4.79 Å². The van der Waals surface area contributed by atoms with Gasteiger partial charge in [0.1, 0.15) is 5.69 Å². The maximum atomic E-state index is 11.5. The van der Waals surface area contributed by atoms with E-state index in [1.54, 1.807) is 19.3 Å². The van der Waals surface area contributed by atoms with Crippen LogP contribution in [0.4, 0.5) is 0 Å². The van der Waals surface area contributed by atoms with Crippen LogP contribution in [0.25, 0.3) is 5.57 Å². The van der Waals surface area contributed by atoms with Gasteiger partial charge in [-0.2, -0.15) is 5.26 Å². The Morgan fingerprint density at radius 3 is 2.61 bits per heavy atom. The molecule has 0 saturated heterocycles. The summed E-state index contributed by atoms with van der Waals surface area (Å²) in [5.41, 5.74) is 5.58. The van der Waals surface area contributed by atoms with Crippen molar-refractivity contribution in [3.8, 4) is 6.07 Å². The number of nitriles is 1. The maximum Gasteiger partial charge on any atom is 0.269 e. The fourth-order valence-electron chi connectivity index (χ4n) is 2.39. The van der Waals surface area contributed by atoms with Gasteiger partial charge in [-0.1, -0.05) is 36.4 Å². The van der Waals surface area contributed by atoms with Gasteiger partial charge < -0.3 is 5.32 Å². The van der Waals surface area contributed by atoms with Crippen LogP contribution in [0.5, 0.6) is 0 Å². The molecule has 1 heterocycles. The van der Waals surface area contributed by atoms with Crippen LogP contribution in [0.15, 0.2) is 43.1 Å². The number of nitrogens with one attached hydrogen (secondary N) is 1. The van der Waals surface area contributed by atoms with E-state index >= 15 is 0 Å². The number of rotatable bonds is 5. The van der Waals surface area contributed by atoms with E-state index in [1.807, 2.05) is 31.2 Å². The number of allylic oxidation sites excluding steroid dienone is 1. The van der Waals surface area contributed by atoms with E-state index in [0.29, 0.717) is 18.5 Å². The lowest BCUT2D eigenvalue weighted by atomic mass is 9.94. The molecular formula is C19H19N3O. The van der Waals surface area contributed by atoms with E-state index in [-0.39, 0.29) is 5.91 Å². The minimum atomic E-state index is -0.194. The van der Waals surface area contributed by atoms with Crippen molar-refractivity contribution in [3.05, 3.63) is 71.1 Å². The van der Waals surface area contributed by atoms with Gasteiger partial charge >= 0.3 is 0 Å². The zero-order valence-corrected chi connectivity index (χ0v) is 13.4. The first-order valence-electron chi connectivity index (χ1n) is 7.36. The van der Waals surface area contributed by atoms with E-state index in [2.05, 4.69) is 22.9 Å². The molecule has 0 radical (unpaired) electrons. The summed E-state index contributed by atoms with van der Waals surface area (Å²) in [4.78, 5) is 15.7. The molecule has 116 valence electrons. The van der Waals surface area contributed by atoms with E-state index in [0.717, 1.165) is 27.8 Å². The van der Waals surface area contributed by atoms with Gasteiger partial charge in [0.2, 0.25) is 0 Å². The smallest absolute Gasteiger partial charge is 0.269 e. The zero-order chi connectivity index (χ0) is 16.8. The highest BCUT2D eigenvalue weighted by atomic mass is 16.1. The Morgan fingerprint density at radius 1 is 1.30 bits per heavy atom. The summed E-state index contributed by atoms with van der Waals surface area (Å²) in [5.74, 6) is -0.194. The fraction of sp³-hybridized carbons (Fsp3) is 0.211. The molecule has 4 heteroatoms. The summed E-state index contributed by atoms with van der Waals surface area (Å²) in [6, 6.07) is 11.8. The SMILES string of the molecule is C=C(C)c1cc(CC#N)ccc1Cc1ccc(C(=O)NC)nc1. The van der Waals surface area contributed by atoms with Crippen LogP contribution in [-0.2, 0) is 12.8 Å². The van der Waals surface area contributed by atoms with Crippen molar-refractivity contribution in [2.75, 3.05) is 7.05 Å². The fourth-order valence-corrected chi connectivity index (χ4v) is 2.39. The van der Waals surface area contributed by atoms with Crippen molar-refractivity contribution >= 4 is 11.5 Å². The third-order valence-corrected chi connectivity index (χ3v) is 3.60. The molecule has 2 rings (SSSR count). The molecule has 1 amide bonds. The third-order valence-electron chi connectivity index (χ3n) is 3.60. The number of carbonyl (C=O) groups excluding carboxylic acids is 1. The lowest BCUT2D eigenvalue weighted by Gasteiger charge is -2.11. The number of pyridine rings is 1. The Labute approximate surface area is 136 Å². The molecule has 2 aromatic rings. The van der Waals surface area contributed by atoms with Crippen molar-refractivity contribution in [2.45, 2.75) is 19.8 Å². The lowest BCUT2D eigenvalue weighted by Crippen LogP contribution is -2.19. The summed E-state index contributed by atoms with van der Waals surface area (Å²) < 4.78 is 0. The Kier molecular flexibility index (Phi) is 5.27. The Balaban J connectivity index is 2.27. The van der Waals surface area contributed by atoms with Crippen LogP contribution in [0, 0.1) is 11.3 Å². The quantitative estimate of drug-likeness (QED) is 0.923. The summed E-state index contributed by atoms with van der Waals surface area (Å²) in [5, 5.41) is 11.4. The van der Waals surface area contributed by atoms with Gasteiger partial charge in [0, 0.05) is 13.2 Å². The molecule has 1 aromatic heterocycles. The Bertz CT molecular complexity index is 770. The average molecular weight is 305 g/mol. The first kappa shape index (κ1) is 16.4. The predicted octanol–water partition coefficient (Wildman–Crippen LogP) is 3.13. The minimum absolute atomic E-state index is 0.194. The van der Waals surface area contributed by atoms with Crippen molar-refractivity contribution in [3.63, 3.8) is 0 Å². The summed E-state index contributed by atoms with van der Waals surface area (Å²) >= 11 is 0. The number of amides is 1. The Morgan fingerprint density at radius 2 is 2.04 bits per heavy atom. The van der Waals surface area contributed by atoms with Crippen molar-refractivity contribution in [2.24, 2.45) is 0 Å². The van der Waals surface area contributed by atoms with Gasteiger partial charge in [0.15, 0.2) is 0 Å². The molecule has 0 unspecified atom stereocenters. The third kappa shape index (κ3) is 4.04. The van der Waals surface area contributed by atoms with Crippen molar-refractivity contribution in [1.29, 1.82) is 5.26 Å². The number of benzene rings is 1. The number of hydrogen-bond donors (Lipinski definition) is 1. The molecule has 1 N–H and O–H groups in total. The second-order valence-corrected chi connectivity index (χ2v) is 5.41. The number of nitrogens with zero attached hydrogens (tertiary/aromatic N) is 2. The van der Waals surface area contributed by atoms with Gasteiger partial charge in [0.25, 0.3) is 5.91 Å². The molecule has 23 heavy (non-hydrogen) atoms. The van der Waals surface area contributed by atoms with Crippen LogP contribution in [-0.4, -0.2) is 17.9 Å². The molecule has 0 aliphatic heterocycles. The molecule has 0 aliphatic rings. The highest BCUT2D eigenvalue weighted by molar-refractivity contribution is 5.91. The number of carbonyl (C=O) groups is 1. The maximum absolute atomic E-state index is 11.5. The van der Waals surface area contributed by atoms with Crippen LogP contribution < -0.4 is 5.32 Å². The van der Waals surface area contributed by atoms with Gasteiger partial charge in [-0.15, -0.1) is 0 Å². The molecule has 1 aromatic carbocycles. The molecule has 0 bridgehead atoms. The van der Waals surface area contributed by atoms with E-state index < -0.39 is 0 Å². The van der Waals surface area contributed by atoms with E-state index in [4.69, 9.17) is 5.26 Å². The van der Waals surface area contributed by atoms with Gasteiger partial charge in [-0.05, 0) is 41.7 Å². The van der Waals surface area contributed by atoms with Gasteiger partial charge in [-0.25, -0.2) is 0 Å². The summed E-state index contributed by atoms with van der Waals surface area (Å²) in [6.07, 6.45) is 2.81. The van der Waals surface area contributed by atoms with Crippen LogP contribution in [0.2, 0.25) is 0 Å². The highest BCUT2D eigenvalue weighted by Crippen LogP contribution is 2.22. The zero-order valence-electron chi connectivity index (χ0n) is 13.4. The average Bonchev–Trinajstić information content (AvgIpc) is 2.56. The second kappa shape index (κ2) is 7.37. The lowest BCUT2D eigenvalue weighted by molar-refractivity contribution is 0.0958. The molecule has 0 saturated carbocycles. The van der Waals surface area contributed by atoms with Gasteiger partial charge in [-0.3, -0.25) is 9.78 Å². The number of aromatic nitrogens is 1. The van der Waals surface area contributed by atoms with Gasteiger partial charge in [0.05, 0.1) is 12.5 Å². The minimum Gasteiger partial charge on any atom is -0.354 e. The van der Waals surface area contributed by atoms with Crippen molar-refractivity contribution in [1.82, 2.24) is 10.3 Å². The molecular weight excluding hydrogens is 286 g/mol. The first-order valence-corrected chi connectivity index (χ1v) is 7.36. The molecule has 0 atom stereocenters. The summed E-state index contributed by atoms with van der Waals surface area (Å²) in [7, 11) is 1.58. The van der Waals surface area contributed by atoms with E-state index in [1.165, 1.54) is 0 Å². The standard InChI is InChI=1S/C19H19N3O/c1-13(2)17-11-14(8-9-20)4-6-16(17)10-15-5-7-18(22-12-15)19(23)21-3/h4-7,11-12H,1,8,10H2,2-3H3,(H,21,23). The largest absolute Gasteiger partial charge is 0.354 e. The highest BCUT2D eigenvalue weighted by Gasteiger charge is 2.08. The molecule has 0 aliphatic carbocycles. The Hall–Kier alpha value is -2.93. The topological polar surface area (TPSA) is 65.8 Å².